The third-order valence-electron chi connectivity index (χ3n) is 3.52. The maximum absolute atomic E-state index is 6.02. The summed E-state index contributed by atoms with van der Waals surface area (Å²) in [6.45, 7) is 14.3. The van der Waals surface area contributed by atoms with Gasteiger partial charge in [-0.3, -0.25) is 0 Å². The van der Waals surface area contributed by atoms with Crippen LogP contribution in [-0.2, 0) is 4.43 Å². The minimum atomic E-state index is -1.57. The van der Waals surface area contributed by atoms with Gasteiger partial charge in [-0.1, -0.05) is 40.5 Å². The Hall–Kier alpha value is -0.303. The molecule has 0 aromatic rings. The van der Waals surface area contributed by atoms with Gasteiger partial charge in [-0.15, -0.1) is 5.73 Å². The first-order valence-electron chi connectivity index (χ1n) is 6.84. The predicted octanol–water partition coefficient (Wildman–Crippen LogP) is 5.30. The van der Waals surface area contributed by atoms with Crippen molar-refractivity contribution in [3.63, 3.8) is 0 Å². The number of hydrogen-bond acceptors (Lipinski definition) is 1. The maximum Gasteiger partial charge on any atom is 0.192 e. The molecule has 0 rings (SSSR count). The molecule has 0 atom stereocenters. The SMILES string of the molecule is CCCCCC=C=CCO[Si](C)(C)C(C)(C)C. The van der Waals surface area contributed by atoms with Crippen LogP contribution in [0.15, 0.2) is 17.9 Å². The molecule has 0 aromatic heterocycles. The Morgan fingerprint density at radius 3 is 2.29 bits per heavy atom. The molecule has 2 heteroatoms. The van der Waals surface area contributed by atoms with Gasteiger partial charge in [0.1, 0.15) is 0 Å². The molecule has 0 radical (unpaired) electrons. The van der Waals surface area contributed by atoms with Gasteiger partial charge in [0.15, 0.2) is 8.32 Å². The van der Waals surface area contributed by atoms with Crippen LogP contribution in [0.4, 0.5) is 0 Å². The van der Waals surface area contributed by atoms with Crippen molar-refractivity contribution in [3.8, 4) is 0 Å². The van der Waals surface area contributed by atoms with E-state index in [1.165, 1.54) is 19.3 Å². The second kappa shape index (κ2) is 7.92. The van der Waals surface area contributed by atoms with Crippen LogP contribution < -0.4 is 0 Å². The minimum Gasteiger partial charge on any atom is -0.413 e. The first-order chi connectivity index (χ1) is 7.81. The molecule has 1 nitrogen and oxygen atoms in total. The fourth-order valence-electron chi connectivity index (χ4n) is 1.18. The van der Waals surface area contributed by atoms with E-state index in [9.17, 15) is 0 Å². The molecule has 0 bridgehead atoms. The number of rotatable bonds is 7. The molecule has 0 aromatic carbocycles. The lowest BCUT2D eigenvalue weighted by Gasteiger charge is -2.35. The summed E-state index contributed by atoms with van der Waals surface area (Å²) in [5, 5.41) is 0.297. The van der Waals surface area contributed by atoms with Crippen LogP contribution in [0.1, 0.15) is 53.4 Å². The summed E-state index contributed by atoms with van der Waals surface area (Å²) >= 11 is 0. The summed E-state index contributed by atoms with van der Waals surface area (Å²) < 4.78 is 6.02. The predicted molar refractivity (Wildman–Crippen MR) is 79.9 cm³/mol. The average Bonchev–Trinajstić information content (AvgIpc) is 2.20. The van der Waals surface area contributed by atoms with Crippen LogP contribution in [0.5, 0.6) is 0 Å². The van der Waals surface area contributed by atoms with E-state index in [0.717, 1.165) is 6.42 Å². The topological polar surface area (TPSA) is 9.23 Å². The fraction of sp³-hybridized carbons (Fsp3) is 0.800. The van der Waals surface area contributed by atoms with Crippen molar-refractivity contribution >= 4 is 8.32 Å². The van der Waals surface area contributed by atoms with E-state index in [4.69, 9.17) is 4.43 Å². The van der Waals surface area contributed by atoms with Gasteiger partial charge < -0.3 is 4.43 Å². The van der Waals surface area contributed by atoms with Gasteiger partial charge in [0.05, 0.1) is 6.61 Å². The molecule has 0 saturated heterocycles. The zero-order chi connectivity index (χ0) is 13.4. The van der Waals surface area contributed by atoms with Gasteiger partial charge in [0.25, 0.3) is 0 Å². The Bertz CT molecular complexity index is 255. The smallest absolute Gasteiger partial charge is 0.192 e. The van der Waals surface area contributed by atoms with Gasteiger partial charge >= 0.3 is 0 Å². The van der Waals surface area contributed by atoms with Crippen LogP contribution in [-0.4, -0.2) is 14.9 Å². The fourth-order valence-corrected chi connectivity index (χ4v) is 2.11. The van der Waals surface area contributed by atoms with Crippen LogP contribution >= 0.6 is 0 Å². The Balaban J connectivity index is 3.87. The Kier molecular flexibility index (Phi) is 7.77. The van der Waals surface area contributed by atoms with Crippen LogP contribution in [0.25, 0.3) is 0 Å². The lowest BCUT2D eigenvalue weighted by atomic mass is 10.2. The molecule has 17 heavy (non-hydrogen) atoms. The molecular formula is C15H30OSi. The molecule has 0 heterocycles. The molecule has 0 saturated carbocycles. The number of hydrogen-bond donors (Lipinski definition) is 0. The molecule has 0 aliphatic carbocycles. The molecule has 0 aliphatic rings. The molecule has 0 fully saturated rings. The summed E-state index contributed by atoms with van der Waals surface area (Å²) in [5.74, 6) is 0. The summed E-state index contributed by atoms with van der Waals surface area (Å²) in [6, 6.07) is 0. The summed E-state index contributed by atoms with van der Waals surface area (Å²) in [4.78, 5) is 0. The van der Waals surface area contributed by atoms with E-state index in [-0.39, 0.29) is 0 Å². The molecule has 0 N–H and O–H groups in total. The van der Waals surface area contributed by atoms with Crippen molar-refractivity contribution < 1.29 is 4.43 Å². The second-order valence-electron chi connectivity index (χ2n) is 6.14. The van der Waals surface area contributed by atoms with Crippen LogP contribution in [0.3, 0.4) is 0 Å². The van der Waals surface area contributed by atoms with Crippen molar-refractivity contribution in [2.45, 2.75) is 71.5 Å². The largest absolute Gasteiger partial charge is 0.413 e. The van der Waals surface area contributed by atoms with Crippen molar-refractivity contribution in [2.75, 3.05) is 6.61 Å². The molecule has 0 spiro atoms. The third-order valence-corrected chi connectivity index (χ3v) is 8.02. The normalized spacial score (nSPS) is 12.1. The van der Waals surface area contributed by atoms with E-state index in [1.54, 1.807) is 0 Å². The molecule has 100 valence electrons. The number of unbranched alkanes of at least 4 members (excludes halogenated alkanes) is 3. The molecule has 0 aliphatic heterocycles. The van der Waals surface area contributed by atoms with Gasteiger partial charge in [-0.25, -0.2) is 0 Å². The van der Waals surface area contributed by atoms with Crippen molar-refractivity contribution in [2.24, 2.45) is 0 Å². The monoisotopic (exact) mass is 254 g/mol. The van der Waals surface area contributed by atoms with E-state index >= 15 is 0 Å². The highest BCUT2D eigenvalue weighted by Crippen LogP contribution is 2.36. The highest BCUT2D eigenvalue weighted by atomic mass is 28.4. The summed E-state index contributed by atoms with van der Waals surface area (Å²) in [5.41, 5.74) is 3.22. The van der Waals surface area contributed by atoms with Gasteiger partial charge in [0, 0.05) is 0 Å². The van der Waals surface area contributed by atoms with E-state index in [0.29, 0.717) is 11.6 Å². The second-order valence-corrected chi connectivity index (χ2v) is 11.0. The lowest BCUT2D eigenvalue weighted by Crippen LogP contribution is -2.40. The summed E-state index contributed by atoms with van der Waals surface area (Å²) in [6.07, 6.45) is 9.17. The quantitative estimate of drug-likeness (QED) is 0.340. The zero-order valence-corrected chi connectivity index (χ0v) is 13.6. The van der Waals surface area contributed by atoms with Gasteiger partial charge in [-0.2, -0.15) is 0 Å². The average molecular weight is 254 g/mol. The zero-order valence-electron chi connectivity index (χ0n) is 12.6. The minimum absolute atomic E-state index is 0.297. The highest BCUT2D eigenvalue weighted by molar-refractivity contribution is 6.74. The van der Waals surface area contributed by atoms with Crippen LogP contribution in [0.2, 0.25) is 18.1 Å². The molecular weight excluding hydrogens is 224 g/mol. The van der Waals surface area contributed by atoms with Crippen molar-refractivity contribution in [3.05, 3.63) is 17.9 Å². The Morgan fingerprint density at radius 1 is 1.12 bits per heavy atom. The maximum atomic E-state index is 6.02. The van der Waals surface area contributed by atoms with Crippen LogP contribution in [0, 0.1) is 0 Å². The Labute approximate surface area is 109 Å². The highest BCUT2D eigenvalue weighted by Gasteiger charge is 2.36. The van der Waals surface area contributed by atoms with Gasteiger partial charge in [0.2, 0.25) is 0 Å². The third kappa shape index (κ3) is 7.59. The first-order valence-corrected chi connectivity index (χ1v) is 9.75. The Morgan fingerprint density at radius 2 is 1.76 bits per heavy atom. The van der Waals surface area contributed by atoms with Crippen molar-refractivity contribution in [1.29, 1.82) is 0 Å². The molecule has 0 unspecified atom stereocenters. The van der Waals surface area contributed by atoms with Gasteiger partial charge in [-0.05, 0) is 43.1 Å². The van der Waals surface area contributed by atoms with E-state index < -0.39 is 8.32 Å². The van der Waals surface area contributed by atoms with Crippen molar-refractivity contribution in [1.82, 2.24) is 0 Å². The lowest BCUT2D eigenvalue weighted by molar-refractivity contribution is 0.328. The first kappa shape index (κ1) is 16.7. The van der Waals surface area contributed by atoms with E-state index in [1.807, 2.05) is 6.08 Å². The standard InChI is InChI=1S/C15H30OSi/c1-7-8-9-10-11-12-13-14-16-17(5,6)15(2,3)4/h11,13H,7-10,14H2,1-6H3. The molecule has 0 amide bonds. The summed E-state index contributed by atoms with van der Waals surface area (Å²) in [7, 11) is -1.57. The van der Waals surface area contributed by atoms with E-state index in [2.05, 4.69) is 52.6 Å².